The first-order valence-corrected chi connectivity index (χ1v) is 2.73. The first kappa shape index (κ1) is 10.7. The highest BCUT2D eigenvalue weighted by Gasteiger charge is 2.31. The standard InChI is InChI=1S/C4H8BF3O3/c1-9-5(10-2)11-3-4(6,7)8/h3H2,1-2H3. The Kier molecular flexibility index (Phi) is 4.47. The third kappa shape index (κ3) is 6.15. The number of alkyl halides is 3. The van der Waals surface area contributed by atoms with Crippen LogP contribution in [0.25, 0.3) is 0 Å². The van der Waals surface area contributed by atoms with Crippen molar-refractivity contribution in [1.82, 2.24) is 0 Å². The van der Waals surface area contributed by atoms with Gasteiger partial charge >= 0.3 is 13.5 Å². The zero-order valence-electron chi connectivity index (χ0n) is 6.14. The fraction of sp³-hybridized carbons (Fsp3) is 1.00. The fourth-order valence-electron chi connectivity index (χ4n) is 0.395. The molecule has 7 heteroatoms. The summed E-state index contributed by atoms with van der Waals surface area (Å²) in [5.41, 5.74) is 0. The molecule has 0 atom stereocenters. The van der Waals surface area contributed by atoms with Crippen molar-refractivity contribution >= 4 is 7.32 Å². The normalized spacial score (nSPS) is 11.7. The van der Waals surface area contributed by atoms with E-state index in [1.807, 2.05) is 0 Å². The monoisotopic (exact) mass is 172 g/mol. The smallest absolute Gasteiger partial charge is 0.389 e. The van der Waals surface area contributed by atoms with Gasteiger partial charge in [-0.1, -0.05) is 0 Å². The van der Waals surface area contributed by atoms with Gasteiger partial charge in [-0.2, -0.15) is 13.2 Å². The predicted molar refractivity (Wildman–Crippen MR) is 31.8 cm³/mol. The summed E-state index contributed by atoms with van der Waals surface area (Å²) in [6.07, 6.45) is -4.35. The van der Waals surface area contributed by atoms with Crippen molar-refractivity contribution in [3.8, 4) is 0 Å². The summed E-state index contributed by atoms with van der Waals surface area (Å²) in [5.74, 6) is 0. The maximum Gasteiger partial charge on any atom is 0.639 e. The van der Waals surface area contributed by atoms with E-state index in [9.17, 15) is 13.2 Å². The van der Waals surface area contributed by atoms with Crippen LogP contribution < -0.4 is 0 Å². The van der Waals surface area contributed by atoms with Crippen LogP contribution in [0, 0.1) is 0 Å². The second kappa shape index (κ2) is 4.58. The molecule has 0 unspecified atom stereocenters. The number of rotatable bonds is 4. The summed E-state index contributed by atoms with van der Waals surface area (Å²) >= 11 is 0. The zero-order chi connectivity index (χ0) is 8.91. The molecule has 0 aliphatic rings. The van der Waals surface area contributed by atoms with Crippen molar-refractivity contribution in [3.63, 3.8) is 0 Å². The largest absolute Gasteiger partial charge is 0.639 e. The number of halogens is 3. The highest BCUT2D eigenvalue weighted by atomic mass is 19.4. The van der Waals surface area contributed by atoms with E-state index in [2.05, 4.69) is 14.0 Å². The van der Waals surface area contributed by atoms with Gasteiger partial charge in [0.15, 0.2) is 0 Å². The topological polar surface area (TPSA) is 27.7 Å². The molecule has 0 aliphatic heterocycles. The van der Waals surface area contributed by atoms with Gasteiger partial charge in [-0.15, -0.1) is 0 Å². The van der Waals surface area contributed by atoms with E-state index in [4.69, 9.17) is 0 Å². The second-order valence-corrected chi connectivity index (χ2v) is 1.69. The molecule has 11 heavy (non-hydrogen) atoms. The summed E-state index contributed by atoms with van der Waals surface area (Å²) in [6.45, 7) is -1.38. The molecule has 0 aromatic heterocycles. The highest BCUT2D eigenvalue weighted by molar-refractivity contribution is 6.36. The lowest BCUT2D eigenvalue weighted by Crippen LogP contribution is -2.29. The van der Waals surface area contributed by atoms with Crippen LogP contribution in [0.3, 0.4) is 0 Å². The molecule has 0 saturated carbocycles. The summed E-state index contributed by atoms with van der Waals surface area (Å²) in [5, 5.41) is 0. The molecule has 0 saturated heterocycles. The van der Waals surface area contributed by atoms with E-state index < -0.39 is 20.1 Å². The van der Waals surface area contributed by atoms with Crippen molar-refractivity contribution in [2.45, 2.75) is 6.18 Å². The third-order valence-corrected chi connectivity index (χ3v) is 0.768. The maximum absolute atomic E-state index is 11.5. The molecule has 0 aromatic rings. The molecule has 0 spiro atoms. The molecular weight excluding hydrogens is 164 g/mol. The molecule has 0 fully saturated rings. The van der Waals surface area contributed by atoms with Gasteiger partial charge in [-0.05, 0) is 0 Å². The van der Waals surface area contributed by atoms with Gasteiger partial charge in [0.25, 0.3) is 0 Å². The Labute approximate surface area is 62.6 Å². The molecule has 66 valence electrons. The van der Waals surface area contributed by atoms with Crippen molar-refractivity contribution in [2.75, 3.05) is 20.8 Å². The minimum absolute atomic E-state index is 1.19. The number of hydrogen-bond donors (Lipinski definition) is 0. The van der Waals surface area contributed by atoms with E-state index in [-0.39, 0.29) is 0 Å². The van der Waals surface area contributed by atoms with E-state index in [0.29, 0.717) is 0 Å². The lowest BCUT2D eigenvalue weighted by molar-refractivity contribution is -0.160. The average Bonchev–Trinajstić information content (AvgIpc) is 1.88. The van der Waals surface area contributed by atoms with Crippen LogP contribution in [-0.4, -0.2) is 34.3 Å². The minimum atomic E-state index is -4.35. The van der Waals surface area contributed by atoms with Crippen molar-refractivity contribution in [1.29, 1.82) is 0 Å². The van der Waals surface area contributed by atoms with Gasteiger partial charge in [-0.25, -0.2) is 0 Å². The second-order valence-electron chi connectivity index (χ2n) is 1.69. The van der Waals surface area contributed by atoms with Gasteiger partial charge in [0.1, 0.15) is 6.61 Å². The van der Waals surface area contributed by atoms with Crippen LogP contribution in [-0.2, 0) is 14.0 Å². The zero-order valence-corrected chi connectivity index (χ0v) is 6.14. The number of hydrogen-bond acceptors (Lipinski definition) is 3. The van der Waals surface area contributed by atoms with Gasteiger partial charge < -0.3 is 14.0 Å². The van der Waals surface area contributed by atoms with Gasteiger partial charge in [-0.3, -0.25) is 0 Å². The molecule has 0 N–H and O–H groups in total. The molecule has 0 aromatic carbocycles. The van der Waals surface area contributed by atoms with Crippen molar-refractivity contribution in [2.24, 2.45) is 0 Å². The van der Waals surface area contributed by atoms with Gasteiger partial charge in [0.05, 0.1) is 0 Å². The summed E-state index contributed by atoms with van der Waals surface area (Å²) < 4.78 is 47.2. The fourth-order valence-corrected chi connectivity index (χ4v) is 0.395. The SMILES string of the molecule is COB(OC)OCC(F)(F)F. The van der Waals surface area contributed by atoms with Crippen LogP contribution in [0.2, 0.25) is 0 Å². The Morgan fingerprint density at radius 1 is 1.18 bits per heavy atom. The minimum Gasteiger partial charge on any atom is -0.389 e. The average molecular weight is 172 g/mol. The molecule has 0 amide bonds. The van der Waals surface area contributed by atoms with Crippen molar-refractivity contribution < 1.29 is 27.1 Å². The molecule has 0 aliphatic carbocycles. The van der Waals surface area contributed by atoms with Crippen LogP contribution in [0.1, 0.15) is 0 Å². The molecular formula is C4H8BF3O3. The van der Waals surface area contributed by atoms with E-state index in [1.165, 1.54) is 14.2 Å². The van der Waals surface area contributed by atoms with Gasteiger partial charge in [0.2, 0.25) is 0 Å². The predicted octanol–water partition coefficient (Wildman–Crippen LogP) is 0.843. The Morgan fingerprint density at radius 2 is 1.64 bits per heavy atom. The summed E-state index contributed by atoms with van der Waals surface area (Å²) in [6, 6.07) is 0. The Bertz CT molecular complexity index is 103. The molecule has 3 nitrogen and oxygen atoms in total. The lowest BCUT2D eigenvalue weighted by Gasteiger charge is -2.10. The Morgan fingerprint density at radius 3 is 1.91 bits per heavy atom. The maximum atomic E-state index is 11.5. The molecule has 0 radical (unpaired) electrons. The highest BCUT2D eigenvalue weighted by Crippen LogP contribution is 2.14. The van der Waals surface area contributed by atoms with Crippen molar-refractivity contribution in [3.05, 3.63) is 0 Å². The Balaban J connectivity index is 3.51. The quantitative estimate of drug-likeness (QED) is 0.588. The van der Waals surface area contributed by atoms with Gasteiger partial charge in [0, 0.05) is 14.2 Å². The molecule has 0 heterocycles. The lowest BCUT2D eigenvalue weighted by atomic mass is 10.2. The van der Waals surface area contributed by atoms with Crippen LogP contribution in [0.4, 0.5) is 13.2 Å². The summed E-state index contributed by atoms with van der Waals surface area (Å²) in [7, 11) is 1.12. The van der Waals surface area contributed by atoms with Crippen LogP contribution in [0.5, 0.6) is 0 Å². The summed E-state index contributed by atoms with van der Waals surface area (Å²) in [4.78, 5) is 0. The van der Waals surface area contributed by atoms with E-state index in [1.54, 1.807) is 0 Å². The third-order valence-electron chi connectivity index (χ3n) is 0.768. The first-order chi connectivity index (χ1) is 4.99. The van der Waals surface area contributed by atoms with Crippen LogP contribution in [0.15, 0.2) is 0 Å². The van der Waals surface area contributed by atoms with E-state index in [0.717, 1.165) is 0 Å². The Hall–Kier alpha value is -0.265. The van der Waals surface area contributed by atoms with Crippen LogP contribution >= 0.6 is 0 Å². The van der Waals surface area contributed by atoms with E-state index >= 15 is 0 Å². The molecule has 0 rings (SSSR count). The first-order valence-electron chi connectivity index (χ1n) is 2.73. The molecule has 0 bridgehead atoms.